The number of morpholine rings is 1. The fourth-order valence-corrected chi connectivity index (χ4v) is 3.95. The molecule has 1 heterocycles. The lowest BCUT2D eigenvalue weighted by Gasteiger charge is -2.31. The topological polar surface area (TPSA) is 108 Å². The number of nitrogens with one attached hydrogen (secondary N) is 3. The fraction of sp³-hybridized carbons (Fsp3) is 0.545. The molecule has 0 saturated carbocycles. The largest absolute Gasteiger partial charge is 0.492 e. The van der Waals surface area contributed by atoms with E-state index in [2.05, 4.69) is 53.4 Å². The van der Waals surface area contributed by atoms with Gasteiger partial charge in [0.1, 0.15) is 24.3 Å². The van der Waals surface area contributed by atoms with E-state index < -0.39 is 12.1 Å². The molecule has 1 saturated heterocycles. The first-order valence-corrected chi connectivity index (χ1v) is 15.1. The number of amides is 3. The van der Waals surface area contributed by atoms with E-state index in [9.17, 15) is 9.59 Å². The molecule has 2 rings (SSSR count). The number of carbonyl (C=O) groups is 2. The third-order valence-electron chi connectivity index (χ3n) is 6.44. The van der Waals surface area contributed by atoms with E-state index in [-0.39, 0.29) is 11.3 Å². The van der Waals surface area contributed by atoms with Crippen molar-refractivity contribution in [3.05, 3.63) is 59.4 Å². The lowest BCUT2D eigenvalue weighted by Crippen LogP contribution is -2.50. The highest BCUT2D eigenvalue weighted by atomic mass is 16.5. The van der Waals surface area contributed by atoms with Crippen LogP contribution in [-0.2, 0) is 9.53 Å². The predicted octanol–water partition coefficient (Wildman–Crippen LogP) is 5.62. The molecule has 0 aromatic heterocycles. The van der Waals surface area contributed by atoms with Gasteiger partial charge in [0, 0.05) is 45.6 Å². The molecule has 3 amide bonds. The number of rotatable bonds is 11. The second-order valence-corrected chi connectivity index (χ2v) is 11.2. The van der Waals surface area contributed by atoms with Gasteiger partial charge in [-0.2, -0.15) is 5.10 Å². The van der Waals surface area contributed by atoms with Crippen LogP contribution >= 0.6 is 0 Å². The number of urea groups is 1. The summed E-state index contributed by atoms with van der Waals surface area (Å²) in [6.45, 7) is 23.2. The molecule has 1 aromatic carbocycles. The van der Waals surface area contributed by atoms with Crippen molar-refractivity contribution in [1.29, 1.82) is 0 Å². The van der Waals surface area contributed by atoms with Crippen LogP contribution in [0.25, 0.3) is 0 Å². The molecule has 3 N–H and O–H groups in total. The number of aryl methyl sites for hydroxylation is 2. The number of ether oxygens (including phenoxy) is 2. The molecule has 1 atom stereocenters. The molecule has 0 spiro atoms. The third-order valence-corrected chi connectivity index (χ3v) is 6.44. The Morgan fingerprint density at radius 3 is 2.47 bits per heavy atom. The van der Waals surface area contributed by atoms with Gasteiger partial charge in [0.25, 0.3) is 0 Å². The summed E-state index contributed by atoms with van der Waals surface area (Å²) < 4.78 is 11.8. The Balaban J connectivity index is 0.00000452. The van der Waals surface area contributed by atoms with Crippen LogP contribution in [0, 0.1) is 19.3 Å². The molecule has 240 valence electrons. The Bertz CT molecular complexity index is 1130. The van der Waals surface area contributed by atoms with E-state index in [1.54, 1.807) is 7.05 Å². The maximum Gasteiger partial charge on any atom is 0.324 e. The van der Waals surface area contributed by atoms with Crippen LogP contribution in [0.2, 0.25) is 0 Å². The summed E-state index contributed by atoms with van der Waals surface area (Å²) in [4.78, 5) is 27.4. The van der Waals surface area contributed by atoms with Gasteiger partial charge in [0.2, 0.25) is 5.91 Å². The summed E-state index contributed by atoms with van der Waals surface area (Å²) in [6.07, 6.45) is 2.22. The quantitative estimate of drug-likeness (QED) is 0.226. The highest BCUT2D eigenvalue weighted by Gasteiger charge is 2.26. The predicted molar refractivity (Wildman–Crippen MR) is 177 cm³/mol. The summed E-state index contributed by atoms with van der Waals surface area (Å²) in [5, 5.41) is 14.1. The van der Waals surface area contributed by atoms with Crippen molar-refractivity contribution in [3.8, 4) is 5.75 Å². The van der Waals surface area contributed by atoms with Crippen molar-refractivity contribution in [1.82, 2.24) is 20.5 Å². The van der Waals surface area contributed by atoms with Gasteiger partial charge in [-0.25, -0.2) is 4.79 Å². The van der Waals surface area contributed by atoms with Crippen LogP contribution in [0.15, 0.2) is 53.4 Å². The minimum absolute atomic E-state index is 0.0512. The molecule has 0 aliphatic carbocycles. The van der Waals surface area contributed by atoms with E-state index in [4.69, 9.17) is 9.47 Å². The van der Waals surface area contributed by atoms with Gasteiger partial charge >= 0.3 is 6.03 Å². The van der Waals surface area contributed by atoms with Crippen molar-refractivity contribution >= 4 is 24.3 Å². The van der Waals surface area contributed by atoms with Crippen LogP contribution in [-0.4, -0.2) is 81.1 Å². The Kier molecular flexibility index (Phi) is 17.0. The van der Waals surface area contributed by atoms with Gasteiger partial charge in [-0.1, -0.05) is 58.9 Å². The van der Waals surface area contributed by atoms with Crippen LogP contribution in [0.4, 0.5) is 10.5 Å². The maximum atomic E-state index is 13.0. The van der Waals surface area contributed by atoms with Crippen molar-refractivity contribution in [2.45, 2.75) is 67.9 Å². The first-order chi connectivity index (χ1) is 20.4. The molecule has 43 heavy (non-hydrogen) atoms. The summed E-state index contributed by atoms with van der Waals surface area (Å²) in [5.74, 6) is 1.16. The Hall–Kier alpha value is -3.63. The molecule has 0 radical (unpaired) electrons. The molecule has 10 nitrogen and oxygen atoms in total. The molecule has 1 aliphatic heterocycles. The Labute approximate surface area is 259 Å². The summed E-state index contributed by atoms with van der Waals surface area (Å²) in [6, 6.07) is 11.1. The van der Waals surface area contributed by atoms with E-state index in [0.717, 1.165) is 24.1 Å². The van der Waals surface area contributed by atoms with Crippen LogP contribution in [0.5, 0.6) is 5.75 Å². The lowest BCUT2D eigenvalue weighted by molar-refractivity contribution is -0.138. The highest BCUT2D eigenvalue weighted by Crippen LogP contribution is 2.21. The zero-order valence-electron chi connectivity index (χ0n) is 27.8. The molecule has 1 aliphatic rings. The molecule has 1 fully saturated rings. The molecule has 10 heteroatoms. The number of hydrogen-bond donors (Lipinski definition) is 3. The van der Waals surface area contributed by atoms with Crippen molar-refractivity contribution < 1.29 is 19.1 Å². The van der Waals surface area contributed by atoms with Crippen molar-refractivity contribution in [2.75, 3.05) is 51.8 Å². The van der Waals surface area contributed by atoms with Gasteiger partial charge < -0.3 is 20.1 Å². The van der Waals surface area contributed by atoms with Crippen LogP contribution in [0.1, 0.15) is 59.1 Å². The van der Waals surface area contributed by atoms with Crippen molar-refractivity contribution in [2.24, 2.45) is 10.5 Å². The van der Waals surface area contributed by atoms with Crippen LogP contribution in [0.3, 0.4) is 0 Å². The molecule has 1 unspecified atom stereocenters. The monoisotopic (exact) mass is 598 g/mol. The zero-order valence-corrected chi connectivity index (χ0v) is 27.8. The van der Waals surface area contributed by atoms with E-state index in [1.807, 2.05) is 77.1 Å². The standard InChI is InChI=1S/C31H48N6O4.C2H6/c1-9-33-29(38)27-22-37(19-21-41-27)18-20-40-26-15-14-25(23(2)12-10-11-13-24(26)3)34-30(39)35-28(36(8)32-7)16-17-31(4,5)6;1-2/h10-16,27H,7,9,17-22H2,1-6,8H3,(H,33,38)(H2,34,35,39);1-2H3/b11-10?,12-10?,13-11?,15-14?,23-12?,24-13?,25-14?,25-23?,26-15?,26-24?,28-16-;. The van der Waals surface area contributed by atoms with E-state index in [1.165, 1.54) is 5.01 Å². The number of anilines is 1. The number of allylic oxidation sites excluding steroid dienone is 1. The third kappa shape index (κ3) is 14.4. The van der Waals surface area contributed by atoms with Crippen LogP contribution < -0.4 is 20.7 Å². The Morgan fingerprint density at radius 1 is 1.16 bits per heavy atom. The summed E-state index contributed by atoms with van der Waals surface area (Å²) in [7, 11) is 1.74. The normalized spacial score (nSPS) is 15.2. The van der Waals surface area contributed by atoms with Crippen molar-refractivity contribution in [3.63, 3.8) is 0 Å². The SMILES string of the molecule is C=NN(C)/C(=C\CC(C)(C)C)NC(=O)Nc1ccc(OCCN2CCOC(C(=O)NCC)C2)c(C)ccccc1C.CC. The Morgan fingerprint density at radius 2 is 1.84 bits per heavy atom. The zero-order chi connectivity index (χ0) is 32.4. The fourth-order valence-electron chi connectivity index (χ4n) is 3.95. The number of hydrazone groups is 1. The molecule has 1 aromatic rings. The first kappa shape index (κ1) is 37.4. The second-order valence-electron chi connectivity index (χ2n) is 11.2. The second kappa shape index (κ2) is 19.5. The van der Waals surface area contributed by atoms with E-state index >= 15 is 0 Å². The highest BCUT2D eigenvalue weighted by molar-refractivity contribution is 5.91. The first-order valence-electron chi connectivity index (χ1n) is 15.1. The minimum atomic E-state index is -0.466. The van der Waals surface area contributed by atoms with Gasteiger partial charge in [0.15, 0.2) is 0 Å². The number of nitrogens with zero attached hydrogens (tertiary/aromatic N) is 3. The average Bonchev–Trinajstić information content (AvgIpc) is 2.98. The molecular weight excluding hydrogens is 544 g/mol. The smallest absolute Gasteiger partial charge is 0.324 e. The lowest BCUT2D eigenvalue weighted by atomic mass is 9.92. The average molecular weight is 599 g/mol. The summed E-state index contributed by atoms with van der Waals surface area (Å²) >= 11 is 0. The van der Waals surface area contributed by atoms with E-state index in [0.29, 0.717) is 50.1 Å². The molecule has 0 bridgehead atoms. The maximum absolute atomic E-state index is 13.0. The van der Waals surface area contributed by atoms with Gasteiger partial charge in [0.05, 0.1) is 6.61 Å². The number of likely N-dealkylation sites (N-methyl/N-ethyl adjacent to an activating group) is 1. The molecular formula is C33H54N6O4. The van der Waals surface area contributed by atoms with Gasteiger partial charge in [-0.3, -0.25) is 20.0 Å². The van der Waals surface area contributed by atoms with Gasteiger partial charge in [-0.15, -0.1) is 0 Å². The van der Waals surface area contributed by atoms with Gasteiger partial charge in [-0.05, 0) is 61.9 Å². The minimum Gasteiger partial charge on any atom is -0.492 e. The number of hydrogen-bond acceptors (Lipinski definition) is 7. The number of carbonyl (C=O) groups excluding carboxylic acids is 2. The summed E-state index contributed by atoms with van der Waals surface area (Å²) in [5.41, 5.74) is 2.50.